The number of aryl methyl sites for hydroxylation is 1. The maximum absolute atomic E-state index is 13.0. The summed E-state index contributed by atoms with van der Waals surface area (Å²) >= 11 is 3.17. The zero-order chi connectivity index (χ0) is 18.8. The third kappa shape index (κ3) is 4.09. The highest BCUT2D eigenvalue weighted by atomic mass is 32.2. The minimum absolute atomic E-state index is 0.0382. The third-order valence-electron chi connectivity index (χ3n) is 3.99. The van der Waals surface area contributed by atoms with E-state index in [-0.39, 0.29) is 11.1 Å². The van der Waals surface area contributed by atoms with Crippen molar-refractivity contribution in [3.63, 3.8) is 0 Å². The van der Waals surface area contributed by atoms with Gasteiger partial charge in [-0.1, -0.05) is 41.6 Å². The molecule has 0 bridgehead atoms. The van der Waals surface area contributed by atoms with E-state index >= 15 is 0 Å². The first-order valence-electron chi connectivity index (χ1n) is 8.37. The van der Waals surface area contributed by atoms with Gasteiger partial charge in [0.15, 0.2) is 4.34 Å². The van der Waals surface area contributed by atoms with Crippen molar-refractivity contribution in [2.75, 3.05) is 0 Å². The van der Waals surface area contributed by atoms with Crippen LogP contribution in [0, 0.1) is 12.7 Å². The van der Waals surface area contributed by atoms with Gasteiger partial charge in [-0.2, -0.15) is 0 Å². The van der Waals surface area contributed by atoms with Gasteiger partial charge in [0.2, 0.25) is 11.8 Å². The van der Waals surface area contributed by atoms with E-state index in [0.717, 1.165) is 15.6 Å². The maximum atomic E-state index is 13.0. The lowest BCUT2D eigenvalue weighted by Crippen LogP contribution is -1.88. The van der Waals surface area contributed by atoms with E-state index in [9.17, 15) is 4.39 Å². The molecule has 0 aliphatic rings. The summed E-state index contributed by atoms with van der Waals surface area (Å²) < 4.78 is 19.8. The molecule has 27 heavy (non-hydrogen) atoms. The van der Waals surface area contributed by atoms with E-state index in [0.29, 0.717) is 17.3 Å². The molecule has 136 valence electrons. The van der Waals surface area contributed by atoms with E-state index in [1.165, 1.54) is 17.7 Å². The van der Waals surface area contributed by atoms with E-state index in [1.807, 2.05) is 6.92 Å². The van der Waals surface area contributed by atoms with Gasteiger partial charge in [0.05, 0.1) is 10.9 Å². The Labute approximate surface area is 164 Å². The minimum atomic E-state index is -0.296. The smallest absolute Gasteiger partial charge is 0.247 e. The van der Waals surface area contributed by atoms with E-state index in [2.05, 4.69) is 46.8 Å². The maximum Gasteiger partial charge on any atom is 0.247 e. The van der Waals surface area contributed by atoms with Gasteiger partial charge in [-0.15, -0.1) is 21.5 Å². The second-order valence-electron chi connectivity index (χ2n) is 6.08. The summed E-state index contributed by atoms with van der Waals surface area (Å²) in [4.78, 5) is 4.70. The van der Waals surface area contributed by atoms with Gasteiger partial charge in [0.1, 0.15) is 5.82 Å². The van der Waals surface area contributed by atoms with E-state index < -0.39 is 0 Å². The molecule has 0 aliphatic heterocycles. The van der Waals surface area contributed by atoms with Crippen LogP contribution in [0.4, 0.5) is 4.39 Å². The summed E-state index contributed by atoms with van der Waals surface area (Å²) in [6.07, 6.45) is 0. The Hall–Kier alpha value is -2.51. The fraction of sp³-hybridized carbons (Fsp3) is 0.150. The van der Waals surface area contributed by atoms with Crippen molar-refractivity contribution < 1.29 is 8.81 Å². The number of thiazole rings is 1. The second kappa shape index (κ2) is 7.62. The largest absolute Gasteiger partial charge is 0.419 e. The molecule has 0 N–H and O–H groups in total. The Morgan fingerprint density at radius 1 is 1.00 bits per heavy atom. The number of hydrogen-bond acceptors (Lipinski definition) is 6. The lowest BCUT2D eigenvalue weighted by Gasteiger charge is -2.03. The molecule has 4 rings (SSSR count). The summed E-state index contributed by atoms with van der Waals surface area (Å²) in [6, 6.07) is 14.3. The number of rotatable bonds is 5. The summed E-state index contributed by atoms with van der Waals surface area (Å²) in [5.41, 5.74) is 3.99. The molecule has 0 radical (unpaired) electrons. The van der Waals surface area contributed by atoms with Crippen molar-refractivity contribution in [3.05, 3.63) is 71.2 Å². The fourth-order valence-corrected chi connectivity index (χ4v) is 4.48. The van der Waals surface area contributed by atoms with E-state index in [1.54, 1.807) is 35.2 Å². The van der Waals surface area contributed by atoms with Gasteiger partial charge in [-0.3, -0.25) is 0 Å². The molecular weight excluding hydrogens is 381 g/mol. The Morgan fingerprint density at radius 2 is 1.70 bits per heavy atom. The normalized spacial score (nSPS) is 12.3. The van der Waals surface area contributed by atoms with Crippen molar-refractivity contribution in [1.82, 2.24) is 15.2 Å². The third-order valence-corrected chi connectivity index (χ3v) is 6.05. The first-order valence-corrected chi connectivity index (χ1v) is 10.1. The molecule has 0 saturated heterocycles. The molecule has 0 fully saturated rings. The number of benzene rings is 2. The lowest BCUT2D eigenvalue weighted by atomic mass is 10.1. The van der Waals surface area contributed by atoms with E-state index in [4.69, 9.17) is 9.40 Å². The van der Waals surface area contributed by atoms with Crippen LogP contribution in [0.25, 0.3) is 22.7 Å². The number of thioether (sulfide) groups is 1. The monoisotopic (exact) mass is 397 g/mol. The van der Waals surface area contributed by atoms with Crippen molar-refractivity contribution in [3.8, 4) is 22.7 Å². The van der Waals surface area contributed by atoms with Crippen LogP contribution in [0.15, 0.2) is 62.7 Å². The summed E-state index contributed by atoms with van der Waals surface area (Å²) in [5, 5.41) is 10.2. The molecule has 0 aliphatic carbocycles. The Bertz CT molecular complexity index is 1040. The highest BCUT2D eigenvalue weighted by Gasteiger charge is 2.18. The van der Waals surface area contributed by atoms with Gasteiger partial charge in [0.25, 0.3) is 0 Å². The Morgan fingerprint density at radius 3 is 2.44 bits per heavy atom. The summed E-state index contributed by atoms with van der Waals surface area (Å²) in [5.74, 6) is 0.610. The lowest BCUT2D eigenvalue weighted by molar-refractivity contribution is 0.509. The SMILES string of the molecule is Cc1ccc(-c2csc(S[C@H](C)c3nnc(-c4ccc(F)cc4)o3)n2)cc1. The molecule has 4 nitrogen and oxygen atoms in total. The Kier molecular flexibility index (Phi) is 5.05. The number of aromatic nitrogens is 3. The topological polar surface area (TPSA) is 51.8 Å². The Balaban J connectivity index is 1.47. The van der Waals surface area contributed by atoms with Crippen molar-refractivity contribution in [2.45, 2.75) is 23.4 Å². The molecule has 0 unspecified atom stereocenters. The highest BCUT2D eigenvalue weighted by Crippen LogP contribution is 2.38. The average Bonchev–Trinajstić information content (AvgIpc) is 3.33. The van der Waals surface area contributed by atoms with Crippen molar-refractivity contribution in [1.29, 1.82) is 0 Å². The van der Waals surface area contributed by atoms with Crippen molar-refractivity contribution >= 4 is 23.1 Å². The second-order valence-corrected chi connectivity index (χ2v) is 8.52. The fourth-order valence-electron chi connectivity index (χ4n) is 2.48. The van der Waals surface area contributed by atoms with Crippen LogP contribution in [0.2, 0.25) is 0 Å². The number of hydrogen-bond donors (Lipinski definition) is 0. The zero-order valence-corrected chi connectivity index (χ0v) is 16.4. The molecule has 4 aromatic rings. The van der Waals surface area contributed by atoms with Crippen LogP contribution in [-0.2, 0) is 0 Å². The quantitative estimate of drug-likeness (QED) is 0.377. The molecule has 1 atom stereocenters. The standard InChI is InChI=1S/C20H16FN3OS2/c1-12-3-5-14(6-4-12)17-11-26-20(22-17)27-13(2)18-23-24-19(25-18)15-7-9-16(21)10-8-15/h3-11,13H,1-2H3/t13-/m1/s1. The van der Waals surface area contributed by atoms with Crippen LogP contribution in [0.5, 0.6) is 0 Å². The molecule has 0 spiro atoms. The van der Waals surface area contributed by atoms with Crippen LogP contribution in [0.3, 0.4) is 0 Å². The van der Waals surface area contributed by atoms with Crippen LogP contribution >= 0.6 is 23.1 Å². The molecule has 7 heteroatoms. The van der Waals surface area contributed by atoms with Gasteiger partial charge >= 0.3 is 0 Å². The summed E-state index contributed by atoms with van der Waals surface area (Å²) in [7, 11) is 0. The van der Waals surface area contributed by atoms with Gasteiger partial charge in [-0.05, 0) is 38.1 Å². The van der Waals surface area contributed by atoms with Crippen LogP contribution in [0.1, 0.15) is 23.6 Å². The minimum Gasteiger partial charge on any atom is -0.419 e. The summed E-state index contributed by atoms with van der Waals surface area (Å²) in [6.45, 7) is 4.07. The molecule has 0 saturated carbocycles. The van der Waals surface area contributed by atoms with Crippen LogP contribution < -0.4 is 0 Å². The predicted molar refractivity (Wildman–Crippen MR) is 106 cm³/mol. The first-order chi connectivity index (χ1) is 13.1. The zero-order valence-electron chi connectivity index (χ0n) is 14.7. The molecule has 2 heterocycles. The van der Waals surface area contributed by atoms with Crippen LogP contribution in [-0.4, -0.2) is 15.2 Å². The molecular formula is C20H16FN3OS2. The van der Waals surface area contributed by atoms with Gasteiger partial charge in [0, 0.05) is 16.5 Å². The van der Waals surface area contributed by atoms with Crippen molar-refractivity contribution in [2.24, 2.45) is 0 Å². The highest BCUT2D eigenvalue weighted by molar-refractivity contribution is 8.01. The predicted octanol–water partition coefficient (Wildman–Crippen LogP) is 6.16. The molecule has 2 aromatic carbocycles. The van der Waals surface area contributed by atoms with Gasteiger partial charge < -0.3 is 4.42 Å². The number of nitrogens with zero attached hydrogens (tertiary/aromatic N) is 3. The van der Waals surface area contributed by atoms with Gasteiger partial charge in [-0.25, -0.2) is 9.37 Å². The first kappa shape index (κ1) is 17.9. The molecule has 0 amide bonds. The molecule has 2 aromatic heterocycles. The average molecular weight is 398 g/mol. The number of halogens is 1.